The molecule has 0 N–H and O–H groups in total. The average molecular weight is 726 g/mol. The SMILES string of the molecule is CCCCCCCC/C=C\CCCCCCCC(=O)OC(C)(C)C(C)(CBr)OC(=O)CCCCCCC/C=C\CCCCCCCC. The molecule has 0 aliphatic rings. The summed E-state index contributed by atoms with van der Waals surface area (Å²) < 4.78 is 11.8. The van der Waals surface area contributed by atoms with Crippen LogP contribution in [0.5, 0.6) is 0 Å². The predicted octanol–water partition coefficient (Wildman–Crippen LogP) is 14.1. The molecular formula is C42H77BrO4. The van der Waals surface area contributed by atoms with E-state index in [-0.39, 0.29) is 11.9 Å². The van der Waals surface area contributed by atoms with E-state index in [4.69, 9.17) is 9.47 Å². The van der Waals surface area contributed by atoms with Gasteiger partial charge in [-0.1, -0.05) is 157 Å². The van der Waals surface area contributed by atoms with E-state index < -0.39 is 11.2 Å². The normalized spacial score (nSPS) is 13.4. The molecule has 0 amide bonds. The van der Waals surface area contributed by atoms with E-state index in [0.717, 1.165) is 51.4 Å². The quantitative estimate of drug-likeness (QED) is 0.0287. The van der Waals surface area contributed by atoms with Gasteiger partial charge < -0.3 is 9.47 Å². The Hall–Kier alpha value is -1.10. The zero-order valence-electron chi connectivity index (χ0n) is 31.8. The van der Waals surface area contributed by atoms with Crippen molar-refractivity contribution in [2.45, 2.75) is 226 Å². The summed E-state index contributed by atoms with van der Waals surface area (Å²) >= 11 is 3.52. The molecule has 0 aromatic rings. The molecule has 0 saturated heterocycles. The topological polar surface area (TPSA) is 52.6 Å². The van der Waals surface area contributed by atoms with Gasteiger partial charge in [0.15, 0.2) is 5.60 Å². The van der Waals surface area contributed by atoms with Gasteiger partial charge in [0, 0.05) is 18.2 Å². The Morgan fingerprint density at radius 1 is 0.468 bits per heavy atom. The maximum Gasteiger partial charge on any atom is 0.306 e. The summed E-state index contributed by atoms with van der Waals surface area (Å²) in [6, 6.07) is 0. The van der Waals surface area contributed by atoms with E-state index >= 15 is 0 Å². The minimum Gasteiger partial charge on any atom is -0.455 e. The maximum atomic E-state index is 12.7. The second kappa shape index (κ2) is 32.1. The molecular weight excluding hydrogens is 648 g/mol. The van der Waals surface area contributed by atoms with Crippen LogP contribution in [-0.2, 0) is 19.1 Å². The molecule has 276 valence electrons. The number of allylic oxidation sites excluding steroid dienone is 4. The van der Waals surface area contributed by atoms with Gasteiger partial charge in [0.05, 0.1) is 0 Å². The summed E-state index contributed by atoms with van der Waals surface area (Å²) in [5, 5.41) is 0.409. The van der Waals surface area contributed by atoms with E-state index in [0.29, 0.717) is 18.2 Å². The Kier molecular flexibility index (Phi) is 31.4. The lowest BCUT2D eigenvalue weighted by molar-refractivity contribution is -0.198. The van der Waals surface area contributed by atoms with Gasteiger partial charge in [-0.05, 0) is 85.0 Å². The Labute approximate surface area is 301 Å². The third kappa shape index (κ3) is 27.4. The largest absolute Gasteiger partial charge is 0.455 e. The summed E-state index contributed by atoms with van der Waals surface area (Å²) in [4.78, 5) is 25.4. The van der Waals surface area contributed by atoms with Crippen molar-refractivity contribution in [3.63, 3.8) is 0 Å². The van der Waals surface area contributed by atoms with Crippen LogP contribution in [0.4, 0.5) is 0 Å². The lowest BCUT2D eigenvalue weighted by Gasteiger charge is -2.41. The van der Waals surface area contributed by atoms with Crippen molar-refractivity contribution in [3.05, 3.63) is 24.3 Å². The molecule has 0 bridgehead atoms. The summed E-state index contributed by atoms with van der Waals surface area (Å²) in [6.07, 6.45) is 42.1. The van der Waals surface area contributed by atoms with Crippen molar-refractivity contribution < 1.29 is 19.1 Å². The summed E-state index contributed by atoms with van der Waals surface area (Å²) in [5.41, 5.74) is -1.85. The molecule has 47 heavy (non-hydrogen) atoms. The third-order valence-corrected chi connectivity index (χ3v) is 10.6. The molecule has 0 aromatic carbocycles. The number of rotatable bonds is 34. The van der Waals surface area contributed by atoms with Crippen LogP contribution < -0.4 is 0 Å². The van der Waals surface area contributed by atoms with Crippen LogP contribution in [0.3, 0.4) is 0 Å². The molecule has 0 saturated carbocycles. The zero-order chi connectivity index (χ0) is 34.9. The molecule has 0 aliphatic carbocycles. The van der Waals surface area contributed by atoms with Crippen molar-refractivity contribution in [1.82, 2.24) is 0 Å². The predicted molar refractivity (Wildman–Crippen MR) is 207 cm³/mol. The summed E-state index contributed by atoms with van der Waals surface area (Å²) in [5.74, 6) is -0.431. The highest BCUT2D eigenvalue weighted by molar-refractivity contribution is 9.09. The van der Waals surface area contributed by atoms with Crippen molar-refractivity contribution in [2.75, 3.05) is 5.33 Å². The van der Waals surface area contributed by atoms with Crippen molar-refractivity contribution in [3.8, 4) is 0 Å². The van der Waals surface area contributed by atoms with Crippen LogP contribution in [0.2, 0.25) is 0 Å². The Morgan fingerprint density at radius 3 is 1.11 bits per heavy atom. The Morgan fingerprint density at radius 2 is 0.766 bits per heavy atom. The van der Waals surface area contributed by atoms with Gasteiger partial charge in [0.2, 0.25) is 0 Å². The van der Waals surface area contributed by atoms with Crippen LogP contribution in [-0.4, -0.2) is 28.5 Å². The molecule has 0 rings (SSSR count). The third-order valence-electron chi connectivity index (χ3n) is 9.52. The summed E-state index contributed by atoms with van der Waals surface area (Å²) in [7, 11) is 0. The fourth-order valence-corrected chi connectivity index (χ4v) is 6.53. The van der Waals surface area contributed by atoms with Gasteiger partial charge in [0.1, 0.15) is 5.60 Å². The standard InChI is InChI=1S/C42H77BrO4/c1-6-8-10-12-14-16-18-20-22-24-26-28-30-32-34-36-39(44)46-41(3,4)42(5,38-43)47-40(45)37-35-33-31-29-27-25-23-21-19-17-15-13-11-9-7-2/h20-23H,6-19,24-38H2,1-5H3/b22-20-,23-21-. The van der Waals surface area contributed by atoms with Gasteiger partial charge >= 0.3 is 11.9 Å². The Balaban J connectivity index is 3.98. The molecule has 5 heteroatoms. The molecule has 0 aliphatic heterocycles. The number of carbonyl (C=O) groups is 2. The van der Waals surface area contributed by atoms with Crippen LogP contribution in [0.15, 0.2) is 24.3 Å². The molecule has 0 heterocycles. The molecule has 0 fully saturated rings. The van der Waals surface area contributed by atoms with Crippen LogP contribution >= 0.6 is 15.9 Å². The van der Waals surface area contributed by atoms with Crippen molar-refractivity contribution in [1.29, 1.82) is 0 Å². The van der Waals surface area contributed by atoms with Crippen LogP contribution in [0, 0.1) is 0 Å². The highest BCUT2D eigenvalue weighted by atomic mass is 79.9. The van der Waals surface area contributed by atoms with Crippen molar-refractivity contribution in [2.24, 2.45) is 0 Å². The van der Waals surface area contributed by atoms with Gasteiger partial charge in [-0.25, -0.2) is 0 Å². The number of unbranched alkanes of at least 4 members (excludes halogenated alkanes) is 22. The van der Waals surface area contributed by atoms with Gasteiger partial charge in [-0.15, -0.1) is 0 Å². The van der Waals surface area contributed by atoms with E-state index in [2.05, 4.69) is 54.1 Å². The number of halogens is 1. The van der Waals surface area contributed by atoms with Gasteiger partial charge in [-0.3, -0.25) is 9.59 Å². The lowest BCUT2D eigenvalue weighted by Crippen LogP contribution is -2.55. The molecule has 0 spiro atoms. The van der Waals surface area contributed by atoms with Crippen molar-refractivity contribution >= 4 is 27.9 Å². The molecule has 1 atom stereocenters. The van der Waals surface area contributed by atoms with E-state index in [1.54, 1.807) is 0 Å². The average Bonchev–Trinajstić information content (AvgIpc) is 3.04. The monoisotopic (exact) mass is 725 g/mol. The first-order chi connectivity index (χ1) is 22.7. The minimum atomic E-state index is -0.926. The number of hydrogen-bond donors (Lipinski definition) is 0. The number of esters is 2. The second-order valence-corrected chi connectivity index (χ2v) is 15.1. The fraction of sp³-hybridized carbons (Fsp3) is 0.857. The smallest absolute Gasteiger partial charge is 0.306 e. The highest BCUT2D eigenvalue weighted by Crippen LogP contribution is 2.33. The first-order valence-corrected chi connectivity index (χ1v) is 21.1. The molecule has 4 nitrogen and oxygen atoms in total. The number of ether oxygens (including phenoxy) is 2. The fourth-order valence-electron chi connectivity index (χ4n) is 5.74. The first-order valence-electron chi connectivity index (χ1n) is 20.0. The van der Waals surface area contributed by atoms with E-state index in [1.165, 1.54) is 116 Å². The highest BCUT2D eigenvalue weighted by Gasteiger charge is 2.47. The van der Waals surface area contributed by atoms with E-state index in [9.17, 15) is 9.59 Å². The zero-order valence-corrected chi connectivity index (χ0v) is 33.4. The van der Waals surface area contributed by atoms with Crippen LogP contribution in [0.25, 0.3) is 0 Å². The molecule has 0 radical (unpaired) electrons. The minimum absolute atomic E-state index is 0.215. The lowest BCUT2D eigenvalue weighted by atomic mass is 9.88. The first kappa shape index (κ1) is 45.9. The van der Waals surface area contributed by atoms with E-state index in [1.807, 2.05) is 20.8 Å². The number of carbonyl (C=O) groups excluding carboxylic acids is 2. The summed E-state index contributed by atoms with van der Waals surface area (Å²) in [6.45, 7) is 10.1. The molecule has 0 aromatic heterocycles. The Bertz CT molecular complexity index is 789. The second-order valence-electron chi connectivity index (χ2n) is 14.5. The number of hydrogen-bond acceptors (Lipinski definition) is 4. The van der Waals surface area contributed by atoms with Crippen LogP contribution in [0.1, 0.15) is 214 Å². The maximum absolute atomic E-state index is 12.7. The van der Waals surface area contributed by atoms with Gasteiger partial charge in [0.25, 0.3) is 0 Å². The number of alkyl halides is 1. The van der Waals surface area contributed by atoms with Gasteiger partial charge in [-0.2, -0.15) is 0 Å². The molecule has 1 unspecified atom stereocenters.